The highest BCUT2D eigenvalue weighted by atomic mass is 32.1. The summed E-state index contributed by atoms with van der Waals surface area (Å²) in [6, 6.07) is 9.51. The van der Waals surface area contributed by atoms with Crippen molar-refractivity contribution < 1.29 is 19.1 Å². The van der Waals surface area contributed by atoms with Gasteiger partial charge in [-0.25, -0.2) is 19.5 Å². The maximum Gasteiger partial charge on any atom is 0.417 e. The average Bonchev–Trinajstić information content (AvgIpc) is 3.19. The summed E-state index contributed by atoms with van der Waals surface area (Å²) in [5.74, 6) is -0.249. The minimum Gasteiger partial charge on any atom is -0.439 e. The van der Waals surface area contributed by atoms with Gasteiger partial charge in [0.1, 0.15) is 0 Å². The monoisotopic (exact) mass is 372 g/mol. The summed E-state index contributed by atoms with van der Waals surface area (Å²) in [5, 5.41) is 5.22. The minimum absolute atomic E-state index is 0.0755. The van der Waals surface area contributed by atoms with Crippen molar-refractivity contribution in [2.75, 3.05) is 31.6 Å². The van der Waals surface area contributed by atoms with Gasteiger partial charge in [-0.3, -0.25) is 10.1 Å². The molecule has 2 aromatic rings. The van der Waals surface area contributed by atoms with Gasteiger partial charge in [0.2, 0.25) is 0 Å². The highest BCUT2D eigenvalue weighted by molar-refractivity contribution is 7.14. The Labute approximate surface area is 153 Å². The molecule has 9 heteroatoms. The number of rotatable bonds is 4. The molecular formula is C17H16N4O4S. The predicted octanol–water partition coefficient (Wildman–Crippen LogP) is 2.25. The number of carbonyl (C=O) groups is 3. The zero-order valence-electron chi connectivity index (χ0n) is 13.8. The van der Waals surface area contributed by atoms with Crippen molar-refractivity contribution in [3.63, 3.8) is 0 Å². The topological polar surface area (TPSA) is 91.8 Å². The molecule has 3 heterocycles. The second-order valence-corrected chi connectivity index (χ2v) is 7.02. The van der Waals surface area contributed by atoms with Crippen LogP contribution in [0.3, 0.4) is 0 Å². The van der Waals surface area contributed by atoms with Crippen molar-refractivity contribution in [1.29, 1.82) is 0 Å². The smallest absolute Gasteiger partial charge is 0.417 e. The Hall–Kier alpha value is -2.94. The van der Waals surface area contributed by atoms with Crippen molar-refractivity contribution in [1.82, 2.24) is 14.8 Å². The molecule has 0 radical (unpaired) electrons. The van der Waals surface area contributed by atoms with Crippen LogP contribution in [0.5, 0.6) is 0 Å². The molecule has 134 valence electrons. The molecule has 0 aliphatic carbocycles. The molecule has 0 spiro atoms. The number of likely N-dealkylation sites (tertiary alicyclic amines) is 1. The van der Waals surface area contributed by atoms with Gasteiger partial charge < -0.3 is 9.64 Å². The largest absolute Gasteiger partial charge is 0.439 e. The molecular weight excluding hydrogens is 356 g/mol. The first-order valence-corrected chi connectivity index (χ1v) is 9.02. The lowest BCUT2D eigenvalue weighted by Crippen LogP contribution is -2.55. The summed E-state index contributed by atoms with van der Waals surface area (Å²) >= 11 is 1.37. The number of cyclic esters (lactones) is 1. The van der Waals surface area contributed by atoms with Gasteiger partial charge in [0.15, 0.2) is 11.7 Å². The van der Waals surface area contributed by atoms with E-state index in [1.807, 2.05) is 35.7 Å². The number of imide groups is 1. The number of benzene rings is 1. The number of carbonyl (C=O) groups excluding carboxylic acids is 3. The zero-order valence-corrected chi connectivity index (χ0v) is 14.6. The molecule has 4 rings (SSSR count). The Morgan fingerprint density at radius 3 is 2.73 bits per heavy atom. The lowest BCUT2D eigenvalue weighted by atomic mass is 10.0. The van der Waals surface area contributed by atoms with Gasteiger partial charge in [-0.05, 0) is 0 Å². The number of amides is 4. The highest BCUT2D eigenvalue weighted by Gasteiger charge is 2.38. The summed E-state index contributed by atoms with van der Waals surface area (Å²) < 4.78 is 4.68. The van der Waals surface area contributed by atoms with Gasteiger partial charge >= 0.3 is 12.1 Å². The van der Waals surface area contributed by atoms with E-state index in [2.05, 4.69) is 15.0 Å². The van der Waals surface area contributed by atoms with Crippen molar-refractivity contribution >= 4 is 34.5 Å². The molecule has 2 aliphatic heterocycles. The Kier molecular flexibility index (Phi) is 4.29. The van der Waals surface area contributed by atoms with E-state index in [1.54, 1.807) is 4.90 Å². The fourth-order valence-corrected chi connectivity index (χ4v) is 3.62. The molecule has 4 amide bonds. The van der Waals surface area contributed by atoms with Crippen LogP contribution in [0.15, 0.2) is 35.7 Å². The Morgan fingerprint density at radius 1 is 1.27 bits per heavy atom. The molecule has 26 heavy (non-hydrogen) atoms. The van der Waals surface area contributed by atoms with E-state index in [0.29, 0.717) is 18.2 Å². The Morgan fingerprint density at radius 2 is 2.04 bits per heavy atom. The predicted molar refractivity (Wildman–Crippen MR) is 94.7 cm³/mol. The second-order valence-electron chi connectivity index (χ2n) is 6.16. The number of nitrogens with zero attached hydrogens (tertiary/aromatic N) is 3. The normalized spacial score (nSPS) is 17.2. The maximum absolute atomic E-state index is 12.3. The van der Waals surface area contributed by atoms with Crippen LogP contribution < -0.4 is 5.32 Å². The maximum atomic E-state index is 12.3. The first kappa shape index (κ1) is 16.5. The number of ether oxygens (including phenoxy) is 1. The van der Waals surface area contributed by atoms with Gasteiger partial charge in [0.25, 0.3) is 5.91 Å². The third-order valence-corrected chi connectivity index (χ3v) is 5.07. The van der Waals surface area contributed by atoms with Crippen molar-refractivity contribution in [3.8, 4) is 11.3 Å². The molecule has 0 saturated carbocycles. The molecule has 1 aromatic carbocycles. The summed E-state index contributed by atoms with van der Waals surface area (Å²) in [4.78, 5) is 42.4. The standard InChI is InChI=1S/C17H16N4O4S/c22-14-9-25-17(24)21(14)8-11-6-20(7-11)16(23)19-15-18-13(10-26-15)12-4-2-1-3-5-12/h1-5,10-11H,6-9H2,(H,18,19,23). The van der Waals surface area contributed by atoms with Crippen molar-refractivity contribution in [2.45, 2.75) is 0 Å². The Bertz CT molecular complexity index is 831. The zero-order chi connectivity index (χ0) is 18.1. The molecule has 0 unspecified atom stereocenters. The number of thiazole rings is 1. The van der Waals surface area contributed by atoms with Gasteiger partial charge in [-0.1, -0.05) is 30.3 Å². The summed E-state index contributed by atoms with van der Waals surface area (Å²) in [5.41, 5.74) is 1.81. The molecule has 0 atom stereocenters. The molecule has 1 aromatic heterocycles. The van der Waals surface area contributed by atoms with E-state index >= 15 is 0 Å². The molecule has 8 nitrogen and oxygen atoms in total. The summed E-state index contributed by atoms with van der Waals surface area (Å²) in [6.07, 6.45) is -0.603. The van der Waals surface area contributed by atoms with E-state index in [1.165, 1.54) is 11.3 Å². The van der Waals surface area contributed by atoms with Crippen LogP contribution >= 0.6 is 11.3 Å². The van der Waals surface area contributed by atoms with Crippen LogP contribution in [-0.4, -0.2) is 59.1 Å². The number of hydrogen-bond donors (Lipinski definition) is 1. The molecule has 1 N–H and O–H groups in total. The fraction of sp³-hybridized carbons (Fsp3) is 0.294. The lowest BCUT2D eigenvalue weighted by molar-refractivity contribution is -0.126. The molecule has 2 saturated heterocycles. The van der Waals surface area contributed by atoms with Gasteiger partial charge in [0, 0.05) is 36.5 Å². The van der Waals surface area contributed by atoms with E-state index in [-0.39, 0.29) is 31.0 Å². The third-order valence-electron chi connectivity index (χ3n) is 4.31. The van der Waals surface area contributed by atoms with Gasteiger partial charge in [0.05, 0.1) is 5.69 Å². The van der Waals surface area contributed by atoms with Crippen LogP contribution in [0.2, 0.25) is 0 Å². The van der Waals surface area contributed by atoms with Crippen LogP contribution in [0.25, 0.3) is 11.3 Å². The molecule has 2 fully saturated rings. The molecule has 0 bridgehead atoms. The first-order chi connectivity index (χ1) is 12.6. The van der Waals surface area contributed by atoms with Gasteiger partial charge in [-0.2, -0.15) is 0 Å². The van der Waals surface area contributed by atoms with Crippen LogP contribution in [0, 0.1) is 5.92 Å². The van der Waals surface area contributed by atoms with Crippen LogP contribution in [0.4, 0.5) is 14.7 Å². The third kappa shape index (κ3) is 3.25. The van der Waals surface area contributed by atoms with Crippen molar-refractivity contribution in [3.05, 3.63) is 35.7 Å². The highest BCUT2D eigenvalue weighted by Crippen LogP contribution is 2.26. The second kappa shape index (κ2) is 6.75. The fourth-order valence-electron chi connectivity index (χ4n) is 2.91. The minimum atomic E-state index is -0.603. The van der Waals surface area contributed by atoms with Gasteiger partial charge in [-0.15, -0.1) is 11.3 Å². The quantitative estimate of drug-likeness (QED) is 0.889. The van der Waals surface area contributed by atoms with E-state index in [4.69, 9.17) is 0 Å². The number of hydrogen-bond acceptors (Lipinski definition) is 6. The Balaban J connectivity index is 1.28. The SMILES string of the molecule is O=C(Nc1nc(-c2ccccc2)cs1)N1CC(CN2C(=O)COC2=O)C1. The average molecular weight is 372 g/mol. The molecule has 2 aliphatic rings. The lowest BCUT2D eigenvalue weighted by Gasteiger charge is -2.39. The number of urea groups is 1. The number of nitrogens with one attached hydrogen (secondary N) is 1. The van der Waals surface area contributed by atoms with E-state index in [0.717, 1.165) is 16.2 Å². The van der Waals surface area contributed by atoms with Crippen molar-refractivity contribution in [2.24, 2.45) is 5.92 Å². The van der Waals surface area contributed by atoms with E-state index < -0.39 is 6.09 Å². The van der Waals surface area contributed by atoms with E-state index in [9.17, 15) is 14.4 Å². The number of anilines is 1. The summed E-state index contributed by atoms with van der Waals surface area (Å²) in [7, 11) is 0. The number of aromatic nitrogens is 1. The van der Waals surface area contributed by atoms with Crippen LogP contribution in [0.1, 0.15) is 0 Å². The summed E-state index contributed by atoms with van der Waals surface area (Å²) in [6.45, 7) is 1.07. The first-order valence-electron chi connectivity index (χ1n) is 8.14. The van der Waals surface area contributed by atoms with Crippen LogP contribution in [-0.2, 0) is 9.53 Å².